The average molecular weight is 528 g/mol. The van der Waals surface area contributed by atoms with Gasteiger partial charge in [0.15, 0.2) is 5.96 Å². The standard InChI is InChI=1S/C24H49N9O4/c1-16(2)14-20(33-21(35)18(27)9-4-6-12-26)23(37)32-19(10-7-13-30-24(28)29)22(36)31-17(15-34)8-3-5-11-25/h15-20H,3-14,25-27H2,1-2H3,(H,31,36)(H,32,37)(H,33,35)(H4,28,29,30)/t17-,18-,19-,20-/m0/s1. The fourth-order valence-corrected chi connectivity index (χ4v) is 3.63. The van der Waals surface area contributed by atoms with Crippen LogP contribution < -0.4 is 44.6 Å². The lowest BCUT2D eigenvalue weighted by atomic mass is 10.0. The number of hydrogen-bond donors (Lipinski definition) is 8. The second-order valence-electron chi connectivity index (χ2n) is 9.63. The van der Waals surface area contributed by atoms with Crippen LogP contribution in [0.1, 0.15) is 71.6 Å². The summed E-state index contributed by atoms with van der Waals surface area (Å²) in [6.45, 7) is 5.10. The highest BCUT2D eigenvalue weighted by Gasteiger charge is 2.29. The fourth-order valence-electron chi connectivity index (χ4n) is 3.63. The van der Waals surface area contributed by atoms with Crippen molar-refractivity contribution in [3.8, 4) is 0 Å². The van der Waals surface area contributed by atoms with Crippen molar-refractivity contribution in [3.05, 3.63) is 0 Å². The SMILES string of the molecule is CC(C)C[C@H](NC(=O)[C@@H](N)CCCCN)C(=O)N[C@@H](CCCN=C(N)N)C(=O)N[C@H](C=O)CCCCN. The van der Waals surface area contributed by atoms with Crippen molar-refractivity contribution in [2.45, 2.75) is 95.8 Å². The van der Waals surface area contributed by atoms with Gasteiger partial charge in [-0.25, -0.2) is 0 Å². The zero-order valence-corrected chi connectivity index (χ0v) is 22.4. The van der Waals surface area contributed by atoms with Gasteiger partial charge in [0.25, 0.3) is 0 Å². The minimum Gasteiger partial charge on any atom is -0.370 e. The summed E-state index contributed by atoms with van der Waals surface area (Å²) < 4.78 is 0. The molecule has 13 N–H and O–H groups in total. The molecular weight excluding hydrogens is 478 g/mol. The molecular formula is C24H49N9O4. The summed E-state index contributed by atoms with van der Waals surface area (Å²) >= 11 is 0. The van der Waals surface area contributed by atoms with Crippen molar-refractivity contribution < 1.29 is 19.2 Å². The summed E-state index contributed by atoms with van der Waals surface area (Å²) in [5.41, 5.74) is 27.7. The van der Waals surface area contributed by atoms with Crippen LogP contribution in [0.2, 0.25) is 0 Å². The Morgan fingerprint density at radius 2 is 1.35 bits per heavy atom. The van der Waals surface area contributed by atoms with Crippen LogP contribution in [0.3, 0.4) is 0 Å². The third-order valence-corrected chi connectivity index (χ3v) is 5.69. The number of hydrogen-bond acceptors (Lipinski definition) is 8. The van der Waals surface area contributed by atoms with E-state index in [0.29, 0.717) is 57.9 Å². The molecule has 0 aromatic rings. The van der Waals surface area contributed by atoms with Crippen LogP contribution >= 0.6 is 0 Å². The third-order valence-electron chi connectivity index (χ3n) is 5.69. The molecule has 4 atom stereocenters. The summed E-state index contributed by atoms with van der Waals surface area (Å²) in [5.74, 6) is -1.44. The number of aldehydes is 1. The molecule has 0 saturated heterocycles. The van der Waals surface area contributed by atoms with Gasteiger partial charge in [-0.2, -0.15) is 0 Å². The second-order valence-corrected chi connectivity index (χ2v) is 9.63. The molecule has 13 nitrogen and oxygen atoms in total. The smallest absolute Gasteiger partial charge is 0.243 e. The van der Waals surface area contributed by atoms with Crippen LogP contribution in [0.4, 0.5) is 0 Å². The molecule has 0 aliphatic carbocycles. The predicted octanol–water partition coefficient (Wildman–Crippen LogP) is -1.68. The van der Waals surface area contributed by atoms with E-state index in [4.69, 9.17) is 28.7 Å². The highest BCUT2D eigenvalue weighted by molar-refractivity contribution is 5.93. The van der Waals surface area contributed by atoms with Crippen molar-refractivity contribution in [1.82, 2.24) is 16.0 Å². The van der Waals surface area contributed by atoms with Crippen LogP contribution in [0.25, 0.3) is 0 Å². The van der Waals surface area contributed by atoms with Gasteiger partial charge in [0.1, 0.15) is 18.4 Å². The molecule has 37 heavy (non-hydrogen) atoms. The number of nitrogens with one attached hydrogen (secondary N) is 3. The first-order chi connectivity index (χ1) is 17.5. The molecule has 0 heterocycles. The lowest BCUT2D eigenvalue weighted by Gasteiger charge is -2.26. The second kappa shape index (κ2) is 20.3. The minimum atomic E-state index is -0.955. The van der Waals surface area contributed by atoms with E-state index in [-0.39, 0.29) is 24.8 Å². The van der Waals surface area contributed by atoms with E-state index < -0.39 is 41.9 Å². The summed E-state index contributed by atoms with van der Waals surface area (Å²) in [5, 5.41) is 8.14. The average Bonchev–Trinajstić information content (AvgIpc) is 2.84. The van der Waals surface area contributed by atoms with Crippen molar-refractivity contribution in [2.24, 2.45) is 39.6 Å². The maximum Gasteiger partial charge on any atom is 0.243 e. The number of rotatable bonds is 21. The first-order valence-electron chi connectivity index (χ1n) is 13.1. The molecule has 0 unspecified atom stereocenters. The number of nitrogens with two attached hydrogens (primary N) is 5. The van der Waals surface area contributed by atoms with Gasteiger partial charge in [0, 0.05) is 6.54 Å². The van der Waals surface area contributed by atoms with Gasteiger partial charge in [-0.3, -0.25) is 19.4 Å². The Morgan fingerprint density at radius 1 is 0.784 bits per heavy atom. The molecule has 0 aliphatic rings. The number of unbranched alkanes of at least 4 members (excludes halogenated alkanes) is 2. The van der Waals surface area contributed by atoms with Crippen molar-refractivity contribution in [1.29, 1.82) is 0 Å². The zero-order chi connectivity index (χ0) is 28.2. The summed E-state index contributed by atoms with van der Waals surface area (Å²) in [6, 6.07) is -3.31. The molecule has 0 aromatic heterocycles. The number of carbonyl (C=O) groups is 4. The van der Waals surface area contributed by atoms with Gasteiger partial charge < -0.3 is 49.4 Å². The summed E-state index contributed by atoms with van der Waals surface area (Å²) in [6.07, 6.45) is 5.40. The molecule has 0 radical (unpaired) electrons. The van der Waals surface area contributed by atoms with E-state index in [1.54, 1.807) is 0 Å². The number of guanidine groups is 1. The van der Waals surface area contributed by atoms with E-state index in [1.807, 2.05) is 13.8 Å². The Hall–Kier alpha value is -2.77. The maximum atomic E-state index is 13.2. The first-order valence-corrected chi connectivity index (χ1v) is 13.1. The van der Waals surface area contributed by atoms with E-state index >= 15 is 0 Å². The molecule has 0 saturated carbocycles. The number of nitrogens with zero attached hydrogens (tertiary/aromatic N) is 1. The molecule has 3 amide bonds. The summed E-state index contributed by atoms with van der Waals surface area (Å²) in [7, 11) is 0. The van der Waals surface area contributed by atoms with Crippen LogP contribution in [0.5, 0.6) is 0 Å². The maximum absolute atomic E-state index is 13.2. The fraction of sp³-hybridized carbons (Fsp3) is 0.792. The molecule has 0 aliphatic heterocycles. The van der Waals surface area contributed by atoms with Gasteiger partial charge in [-0.1, -0.05) is 20.3 Å². The Kier molecular flexibility index (Phi) is 18.8. The van der Waals surface area contributed by atoms with Crippen LogP contribution in [0.15, 0.2) is 4.99 Å². The van der Waals surface area contributed by atoms with Gasteiger partial charge in [-0.05, 0) is 70.4 Å². The van der Waals surface area contributed by atoms with E-state index in [1.165, 1.54) is 0 Å². The zero-order valence-electron chi connectivity index (χ0n) is 22.4. The normalized spacial score (nSPS) is 14.2. The molecule has 0 rings (SSSR count). The molecule has 0 bridgehead atoms. The largest absolute Gasteiger partial charge is 0.370 e. The van der Waals surface area contributed by atoms with E-state index in [0.717, 1.165) is 12.8 Å². The van der Waals surface area contributed by atoms with Crippen LogP contribution in [-0.4, -0.2) is 73.8 Å². The highest BCUT2D eigenvalue weighted by atomic mass is 16.2. The Balaban J connectivity index is 5.44. The quantitative estimate of drug-likeness (QED) is 0.0367. The van der Waals surface area contributed by atoms with Gasteiger partial charge in [0.05, 0.1) is 12.1 Å². The Morgan fingerprint density at radius 3 is 1.89 bits per heavy atom. The van der Waals surface area contributed by atoms with Gasteiger partial charge >= 0.3 is 0 Å². The van der Waals surface area contributed by atoms with Gasteiger partial charge in [0.2, 0.25) is 17.7 Å². The van der Waals surface area contributed by atoms with E-state index in [9.17, 15) is 19.2 Å². The molecule has 0 aromatic carbocycles. The first kappa shape index (κ1) is 34.2. The Labute approximate surface area is 220 Å². The third kappa shape index (κ3) is 16.6. The van der Waals surface area contributed by atoms with Gasteiger partial charge in [-0.15, -0.1) is 0 Å². The van der Waals surface area contributed by atoms with Crippen molar-refractivity contribution in [2.75, 3.05) is 19.6 Å². The molecule has 0 fully saturated rings. The Bertz CT molecular complexity index is 714. The van der Waals surface area contributed by atoms with Crippen LogP contribution in [-0.2, 0) is 19.2 Å². The molecule has 0 spiro atoms. The number of amides is 3. The van der Waals surface area contributed by atoms with Crippen molar-refractivity contribution in [3.63, 3.8) is 0 Å². The molecule has 214 valence electrons. The lowest BCUT2D eigenvalue weighted by Crippen LogP contribution is -2.57. The van der Waals surface area contributed by atoms with Crippen LogP contribution in [0, 0.1) is 5.92 Å². The topological polar surface area (TPSA) is 247 Å². The molecule has 13 heteroatoms. The number of carbonyl (C=O) groups excluding carboxylic acids is 4. The highest BCUT2D eigenvalue weighted by Crippen LogP contribution is 2.09. The van der Waals surface area contributed by atoms with E-state index in [2.05, 4.69) is 20.9 Å². The minimum absolute atomic E-state index is 0.0755. The number of aliphatic imine (C=N–C) groups is 1. The summed E-state index contributed by atoms with van der Waals surface area (Å²) in [4.78, 5) is 54.2. The lowest BCUT2D eigenvalue weighted by molar-refractivity contribution is -0.133. The monoisotopic (exact) mass is 527 g/mol. The van der Waals surface area contributed by atoms with Crippen molar-refractivity contribution >= 4 is 30.0 Å². The predicted molar refractivity (Wildman–Crippen MR) is 145 cm³/mol.